The number of hydrogen-bond donors (Lipinski definition) is 1. The predicted molar refractivity (Wildman–Crippen MR) is 76.5 cm³/mol. The Bertz CT molecular complexity index is 407. The van der Waals surface area contributed by atoms with Crippen LogP contribution in [-0.4, -0.2) is 48.9 Å². The smallest absolute Gasteiger partial charge is 0.236 e. The summed E-state index contributed by atoms with van der Waals surface area (Å²) < 4.78 is 0. The van der Waals surface area contributed by atoms with Crippen molar-refractivity contribution in [2.75, 3.05) is 33.2 Å². The molecule has 0 aliphatic carbocycles. The summed E-state index contributed by atoms with van der Waals surface area (Å²) in [6, 6.07) is 10.5. The van der Waals surface area contributed by atoms with E-state index in [-0.39, 0.29) is 12.5 Å². The van der Waals surface area contributed by atoms with Crippen molar-refractivity contribution in [1.29, 1.82) is 0 Å². The van der Waals surface area contributed by atoms with Crippen molar-refractivity contribution in [1.82, 2.24) is 9.80 Å². The molecule has 2 rings (SSSR count). The molecule has 1 saturated heterocycles. The van der Waals surface area contributed by atoms with Gasteiger partial charge in [-0.25, -0.2) is 0 Å². The van der Waals surface area contributed by atoms with Gasteiger partial charge in [0.05, 0.1) is 6.54 Å². The third-order valence-electron chi connectivity index (χ3n) is 3.68. The van der Waals surface area contributed by atoms with Crippen LogP contribution in [0.15, 0.2) is 30.3 Å². The second-order valence-corrected chi connectivity index (χ2v) is 5.38. The zero-order valence-electron chi connectivity index (χ0n) is 11.6. The second-order valence-electron chi connectivity index (χ2n) is 5.38. The maximum Gasteiger partial charge on any atom is 0.236 e. The lowest BCUT2D eigenvalue weighted by Gasteiger charge is -2.21. The van der Waals surface area contributed by atoms with Gasteiger partial charge in [0.15, 0.2) is 0 Å². The molecule has 4 heteroatoms. The van der Waals surface area contributed by atoms with Crippen LogP contribution in [0.1, 0.15) is 12.0 Å². The SMILES string of the molecule is CN(Cc1ccccc1)C[C@@H]1CCN(C(=O)CN)C1. The topological polar surface area (TPSA) is 49.6 Å². The molecule has 2 N–H and O–H groups in total. The third-order valence-corrected chi connectivity index (χ3v) is 3.68. The highest BCUT2D eigenvalue weighted by Crippen LogP contribution is 2.17. The summed E-state index contributed by atoms with van der Waals surface area (Å²) in [6.45, 7) is 3.84. The van der Waals surface area contributed by atoms with Gasteiger partial charge < -0.3 is 15.5 Å². The number of carbonyl (C=O) groups excluding carboxylic acids is 1. The molecule has 1 aromatic carbocycles. The Labute approximate surface area is 115 Å². The monoisotopic (exact) mass is 261 g/mol. The van der Waals surface area contributed by atoms with Crippen molar-refractivity contribution in [3.8, 4) is 0 Å². The third kappa shape index (κ3) is 4.04. The van der Waals surface area contributed by atoms with Crippen LogP contribution in [0.25, 0.3) is 0 Å². The molecule has 0 radical (unpaired) electrons. The summed E-state index contributed by atoms with van der Waals surface area (Å²) >= 11 is 0. The normalized spacial score (nSPS) is 19.1. The average molecular weight is 261 g/mol. The molecule has 1 atom stereocenters. The minimum absolute atomic E-state index is 0.0770. The van der Waals surface area contributed by atoms with Gasteiger partial charge in [-0.1, -0.05) is 30.3 Å². The van der Waals surface area contributed by atoms with Crippen LogP contribution in [0.3, 0.4) is 0 Å². The summed E-state index contributed by atoms with van der Waals surface area (Å²) in [5.41, 5.74) is 6.73. The van der Waals surface area contributed by atoms with Gasteiger partial charge in [-0.05, 0) is 24.9 Å². The molecular formula is C15H23N3O. The van der Waals surface area contributed by atoms with E-state index < -0.39 is 0 Å². The molecular weight excluding hydrogens is 238 g/mol. The van der Waals surface area contributed by atoms with Crippen molar-refractivity contribution < 1.29 is 4.79 Å². The van der Waals surface area contributed by atoms with Gasteiger partial charge in [0.25, 0.3) is 0 Å². The summed E-state index contributed by atoms with van der Waals surface area (Å²) in [5, 5.41) is 0. The Morgan fingerprint density at radius 2 is 2.16 bits per heavy atom. The van der Waals surface area contributed by atoms with Crippen LogP contribution < -0.4 is 5.73 Å². The largest absolute Gasteiger partial charge is 0.341 e. The first-order valence-corrected chi connectivity index (χ1v) is 6.89. The zero-order chi connectivity index (χ0) is 13.7. The highest BCUT2D eigenvalue weighted by Gasteiger charge is 2.26. The first-order valence-electron chi connectivity index (χ1n) is 6.89. The van der Waals surface area contributed by atoms with Gasteiger partial charge in [0.2, 0.25) is 5.91 Å². The fraction of sp³-hybridized carbons (Fsp3) is 0.533. The average Bonchev–Trinajstić information content (AvgIpc) is 2.87. The molecule has 0 bridgehead atoms. The van der Waals surface area contributed by atoms with Crippen LogP contribution in [0.4, 0.5) is 0 Å². The molecule has 0 unspecified atom stereocenters. The number of amides is 1. The number of hydrogen-bond acceptors (Lipinski definition) is 3. The molecule has 0 aromatic heterocycles. The number of benzene rings is 1. The molecule has 1 aliphatic rings. The fourth-order valence-corrected chi connectivity index (χ4v) is 2.74. The van der Waals surface area contributed by atoms with Crippen LogP contribution >= 0.6 is 0 Å². The van der Waals surface area contributed by atoms with E-state index in [4.69, 9.17) is 5.73 Å². The van der Waals surface area contributed by atoms with Crippen molar-refractivity contribution in [2.24, 2.45) is 11.7 Å². The van der Waals surface area contributed by atoms with Gasteiger partial charge in [0, 0.05) is 26.2 Å². The highest BCUT2D eigenvalue weighted by atomic mass is 16.2. The standard InChI is InChI=1S/C15H23N3O/c1-17(10-13-5-3-2-4-6-13)11-14-7-8-18(12-14)15(19)9-16/h2-6,14H,7-12,16H2,1H3/t14-/m0/s1. The van der Waals surface area contributed by atoms with E-state index in [1.54, 1.807) is 0 Å². The molecule has 0 saturated carbocycles. The lowest BCUT2D eigenvalue weighted by molar-refractivity contribution is -0.128. The molecule has 19 heavy (non-hydrogen) atoms. The Morgan fingerprint density at radius 3 is 2.84 bits per heavy atom. The molecule has 104 valence electrons. The molecule has 0 spiro atoms. The Morgan fingerprint density at radius 1 is 1.42 bits per heavy atom. The molecule has 1 heterocycles. The van der Waals surface area contributed by atoms with Gasteiger partial charge >= 0.3 is 0 Å². The van der Waals surface area contributed by atoms with Gasteiger partial charge in [-0.2, -0.15) is 0 Å². The number of carbonyl (C=O) groups is 1. The van der Waals surface area contributed by atoms with Gasteiger partial charge in [0.1, 0.15) is 0 Å². The van der Waals surface area contributed by atoms with Crippen LogP contribution in [0.5, 0.6) is 0 Å². The van der Waals surface area contributed by atoms with Crippen molar-refractivity contribution >= 4 is 5.91 Å². The van der Waals surface area contributed by atoms with E-state index in [9.17, 15) is 4.79 Å². The van der Waals surface area contributed by atoms with Crippen LogP contribution in [0.2, 0.25) is 0 Å². The minimum atomic E-state index is 0.0770. The molecule has 1 aromatic rings. The number of likely N-dealkylation sites (tertiary alicyclic amines) is 1. The van der Waals surface area contributed by atoms with Crippen LogP contribution in [-0.2, 0) is 11.3 Å². The van der Waals surface area contributed by atoms with Gasteiger partial charge in [-0.15, -0.1) is 0 Å². The molecule has 1 aliphatic heterocycles. The lowest BCUT2D eigenvalue weighted by Crippen LogP contribution is -2.35. The molecule has 1 fully saturated rings. The zero-order valence-corrected chi connectivity index (χ0v) is 11.6. The summed E-state index contributed by atoms with van der Waals surface area (Å²) in [7, 11) is 2.14. The van der Waals surface area contributed by atoms with E-state index in [2.05, 4.69) is 36.2 Å². The molecule has 4 nitrogen and oxygen atoms in total. The van der Waals surface area contributed by atoms with Crippen molar-refractivity contribution in [3.05, 3.63) is 35.9 Å². The maximum absolute atomic E-state index is 11.5. The summed E-state index contributed by atoms with van der Waals surface area (Å²) in [5.74, 6) is 0.650. The van der Waals surface area contributed by atoms with Gasteiger partial charge in [-0.3, -0.25) is 4.79 Å². The fourth-order valence-electron chi connectivity index (χ4n) is 2.74. The van der Waals surface area contributed by atoms with E-state index in [0.717, 1.165) is 32.6 Å². The Kier molecular flexibility index (Phi) is 4.93. The van der Waals surface area contributed by atoms with Crippen molar-refractivity contribution in [3.63, 3.8) is 0 Å². The van der Waals surface area contributed by atoms with E-state index in [1.165, 1.54) is 5.56 Å². The number of nitrogens with zero attached hydrogens (tertiary/aromatic N) is 2. The van der Waals surface area contributed by atoms with Crippen LogP contribution in [0, 0.1) is 5.92 Å². The van der Waals surface area contributed by atoms with Crippen molar-refractivity contribution in [2.45, 2.75) is 13.0 Å². The Hall–Kier alpha value is -1.39. The quantitative estimate of drug-likeness (QED) is 0.857. The Balaban J connectivity index is 1.78. The lowest BCUT2D eigenvalue weighted by atomic mass is 10.1. The first kappa shape index (κ1) is 14.0. The van der Waals surface area contributed by atoms with E-state index in [0.29, 0.717) is 5.92 Å². The second kappa shape index (κ2) is 6.68. The maximum atomic E-state index is 11.5. The predicted octanol–water partition coefficient (Wildman–Crippen LogP) is 0.926. The van der Waals surface area contributed by atoms with E-state index >= 15 is 0 Å². The highest BCUT2D eigenvalue weighted by molar-refractivity contribution is 5.78. The summed E-state index contributed by atoms with van der Waals surface area (Å²) in [6.07, 6.45) is 1.09. The number of nitrogens with two attached hydrogens (primary N) is 1. The first-order chi connectivity index (χ1) is 9.19. The van der Waals surface area contributed by atoms with E-state index in [1.807, 2.05) is 11.0 Å². The molecule has 1 amide bonds. The summed E-state index contributed by atoms with van der Waals surface area (Å²) in [4.78, 5) is 15.7. The number of rotatable bonds is 5. The minimum Gasteiger partial charge on any atom is -0.341 e.